The average molecular weight is 287 g/mol. The molecule has 5 nitrogen and oxygen atoms in total. The van der Waals surface area contributed by atoms with Gasteiger partial charge in [0.05, 0.1) is 11.8 Å². The fourth-order valence-corrected chi connectivity index (χ4v) is 2.38. The topological polar surface area (TPSA) is 64.2 Å². The first-order valence-corrected chi connectivity index (χ1v) is 6.51. The molecule has 6 heteroatoms. The number of nitrogens with zero attached hydrogens (tertiary/aromatic N) is 3. The van der Waals surface area contributed by atoms with Crippen molar-refractivity contribution in [3.8, 4) is 0 Å². The van der Waals surface area contributed by atoms with Gasteiger partial charge in [0, 0.05) is 31.9 Å². The van der Waals surface area contributed by atoms with E-state index in [0.717, 1.165) is 19.5 Å². The summed E-state index contributed by atoms with van der Waals surface area (Å²) < 4.78 is 1.77. The van der Waals surface area contributed by atoms with Gasteiger partial charge in [0.2, 0.25) is 0 Å². The third-order valence-corrected chi connectivity index (χ3v) is 3.80. The van der Waals surface area contributed by atoms with Crippen LogP contribution in [-0.4, -0.2) is 39.7 Å². The van der Waals surface area contributed by atoms with Crippen LogP contribution in [0.4, 0.5) is 0 Å². The van der Waals surface area contributed by atoms with Gasteiger partial charge in [-0.1, -0.05) is 13.8 Å². The lowest BCUT2D eigenvalue weighted by atomic mass is 9.79. The zero-order valence-electron chi connectivity index (χ0n) is 11.8. The highest BCUT2D eigenvalue weighted by Gasteiger charge is 2.35. The number of halogens is 1. The molecule has 2 N–H and O–H groups in total. The van der Waals surface area contributed by atoms with Gasteiger partial charge in [-0.25, -0.2) is 0 Å². The molecular weight excluding hydrogens is 264 g/mol. The highest BCUT2D eigenvalue weighted by Crippen LogP contribution is 2.28. The number of aryl methyl sites for hydroxylation is 1. The summed E-state index contributed by atoms with van der Waals surface area (Å²) in [5.41, 5.74) is 6.74. The molecule has 0 radical (unpaired) electrons. The van der Waals surface area contributed by atoms with Crippen LogP contribution in [0.1, 0.15) is 37.6 Å². The Balaban J connectivity index is 0.00000180. The number of piperidine rings is 1. The predicted octanol–water partition coefficient (Wildman–Crippen LogP) is 1.52. The lowest BCUT2D eigenvalue weighted by Gasteiger charge is -2.42. The van der Waals surface area contributed by atoms with Gasteiger partial charge in [-0.05, 0) is 18.8 Å². The smallest absolute Gasteiger partial charge is 0.257 e. The maximum atomic E-state index is 12.4. The fourth-order valence-electron chi connectivity index (χ4n) is 2.38. The number of nitrogens with two attached hydrogens (primary N) is 1. The molecule has 1 saturated heterocycles. The SMILES string of the molecule is CCn1cc(C(=O)N2CCC(N)C(C)(C)C2)cn1.Cl. The quantitative estimate of drug-likeness (QED) is 0.897. The zero-order valence-corrected chi connectivity index (χ0v) is 12.6. The van der Waals surface area contributed by atoms with E-state index >= 15 is 0 Å². The van der Waals surface area contributed by atoms with E-state index in [1.165, 1.54) is 0 Å². The number of carbonyl (C=O) groups excluding carboxylic acids is 1. The molecule has 1 aromatic heterocycles. The molecule has 1 aliphatic rings. The number of hydrogen-bond acceptors (Lipinski definition) is 3. The van der Waals surface area contributed by atoms with Crippen LogP contribution < -0.4 is 5.73 Å². The third-order valence-electron chi connectivity index (χ3n) is 3.80. The minimum Gasteiger partial charge on any atom is -0.338 e. The van der Waals surface area contributed by atoms with Crippen molar-refractivity contribution in [1.82, 2.24) is 14.7 Å². The summed E-state index contributed by atoms with van der Waals surface area (Å²) >= 11 is 0. The summed E-state index contributed by atoms with van der Waals surface area (Å²) in [6.07, 6.45) is 4.32. The molecule has 0 spiro atoms. The van der Waals surface area contributed by atoms with Gasteiger partial charge in [0.15, 0.2) is 0 Å². The Morgan fingerprint density at radius 1 is 1.58 bits per heavy atom. The molecule has 0 saturated carbocycles. The number of hydrogen-bond donors (Lipinski definition) is 1. The van der Waals surface area contributed by atoms with E-state index in [1.807, 2.05) is 18.0 Å². The van der Waals surface area contributed by atoms with Crippen LogP contribution in [0.25, 0.3) is 0 Å². The molecule has 1 unspecified atom stereocenters. The van der Waals surface area contributed by atoms with Crippen LogP contribution in [0.15, 0.2) is 12.4 Å². The second kappa shape index (κ2) is 5.92. The molecule has 108 valence electrons. The maximum Gasteiger partial charge on any atom is 0.257 e. The second-order valence-electron chi connectivity index (χ2n) is 5.70. The van der Waals surface area contributed by atoms with Gasteiger partial charge in [-0.3, -0.25) is 9.48 Å². The van der Waals surface area contributed by atoms with E-state index in [1.54, 1.807) is 10.9 Å². The Morgan fingerprint density at radius 2 is 2.26 bits per heavy atom. The Kier molecular flexibility index (Phi) is 4.98. The first-order valence-electron chi connectivity index (χ1n) is 6.51. The van der Waals surface area contributed by atoms with Crippen LogP contribution in [0.5, 0.6) is 0 Å². The Bertz CT molecular complexity index is 444. The van der Waals surface area contributed by atoms with Crippen molar-refractivity contribution in [3.05, 3.63) is 18.0 Å². The molecule has 0 aromatic carbocycles. The number of aromatic nitrogens is 2. The standard InChI is InChI=1S/C13H22N4O.ClH/c1-4-17-8-10(7-15-17)12(18)16-6-5-11(14)13(2,3)9-16;/h7-8,11H,4-6,9,14H2,1-3H3;1H. The van der Waals surface area contributed by atoms with Crippen molar-refractivity contribution >= 4 is 18.3 Å². The van der Waals surface area contributed by atoms with Crippen molar-refractivity contribution in [1.29, 1.82) is 0 Å². The molecule has 1 aliphatic heterocycles. The number of rotatable bonds is 2. The van der Waals surface area contributed by atoms with Gasteiger partial charge in [0.1, 0.15) is 0 Å². The van der Waals surface area contributed by atoms with Crippen LogP contribution in [0.2, 0.25) is 0 Å². The maximum absolute atomic E-state index is 12.4. The second-order valence-corrected chi connectivity index (χ2v) is 5.70. The molecule has 0 aliphatic carbocycles. The molecule has 0 bridgehead atoms. The summed E-state index contributed by atoms with van der Waals surface area (Å²) in [5, 5.41) is 4.15. The summed E-state index contributed by atoms with van der Waals surface area (Å²) in [7, 11) is 0. The lowest BCUT2D eigenvalue weighted by molar-refractivity contribution is 0.0533. The van der Waals surface area contributed by atoms with Crippen molar-refractivity contribution in [2.75, 3.05) is 13.1 Å². The number of carbonyl (C=O) groups is 1. The molecule has 1 fully saturated rings. The van der Waals surface area contributed by atoms with Crippen molar-refractivity contribution in [3.63, 3.8) is 0 Å². The van der Waals surface area contributed by atoms with Gasteiger partial charge in [-0.2, -0.15) is 5.10 Å². The first-order chi connectivity index (χ1) is 8.44. The molecule has 2 heterocycles. The molecule has 1 aromatic rings. The molecule has 19 heavy (non-hydrogen) atoms. The van der Waals surface area contributed by atoms with Crippen LogP contribution >= 0.6 is 12.4 Å². The summed E-state index contributed by atoms with van der Waals surface area (Å²) in [5.74, 6) is 0.0645. The summed E-state index contributed by atoms with van der Waals surface area (Å²) in [4.78, 5) is 14.2. The van der Waals surface area contributed by atoms with Crippen LogP contribution in [0, 0.1) is 5.41 Å². The van der Waals surface area contributed by atoms with Crippen molar-refractivity contribution in [2.45, 2.75) is 39.8 Å². The predicted molar refractivity (Wildman–Crippen MR) is 77.4 cm³/mol. The van der Waals surface area contributed by atoms with E-state index in [0.29, 0.717) is 12.1 Å². The molecule has 1 atom stereocenters. The molecule has 2 rings (SSSR count). The monoisotopic (exact) mass is 286 g/mol. The fraction of sp³-hybridized carbons (Fsp3) is 0.692. The van der Waals surface area contributed by atoms with Gasteiger partial charge >= 0.3 is 0 Å². The Labute approximate surface area is 120 Å². The highest BCUT2D eigenvalue weighted by atomic mass is 35.5. The van der Waals surface area contributed by atoms with Gasteiger partial charge in [0.25, 0.3) is 5.91 Å². The van der Waals surface area contributed by atoms with Gasteiger partial charge < -0.3 is 10.6 Å². The zero-order chi connectivity index (χ0) is 13.3. The van der Waals surface area contributed by atoms with Gasteiger partial charge in [-0.15, -0.1) is 12.4 Å². The van der Waals surface area contributed by atoms with E-state index in [2.05, 4.69) is 18.9 Å². The minimum atomic E-state index is -0.0192. The first kappa shape index (κ1) is 16.0. The normalized spacial score (nSPS) is 21.9. The van der Waals surface area contributed by atoms with E-state index in [9.17, 15) is 4.79 Å². The molecule has 1 amide bonds. The van der Waals surface area contributed by atoms with Crippen LogP contribution in [0.3, 0.4) is 0 Å². The largest absolute Gasteiger partial charge is 0.338 e. The lowest BCUT2D eigenvalue weighted by Crippen LogP contribution is -2.53. The summed E-state index contributed by atoms with van der Waals surface area (Å²) in [6, 6.07) is 0.167. The Morgan fingerprint density at radius 3 is 2.79 bits per heavy atom. The van der Waals surface area contributed by atoms with Crippen molar-refractivity contribution < 1.29 is 4.79 Å². The van der Waals surface area contributed by atoms with E-state index in [4.69, 9.17) is 5.73 Å². The Hall–Kier alpha value is -1.07. The van der Waals surface area contributed by atoms with E-state index in [-0.39, 0.29) is 29.8 Å². The molecular formula is C13H23ClN4O. The highest BCUT2D eigenvalue weighted by molar-refractivity contribution is 5.93. The van der Waals surface area contributed by atoms with E-state index < -0.39 is 0 Å². The number of likely N-dealkylation sites (tertiary alicyclic amines) is 1. The van der Waals surface area contributed by atoms with Crippen LogP contribution in [-0.2, 0) is 6.54 Å². The average Bonchev–Trinajstić information content (AvgIpc) is 2.80. The summed E-state index contributed by atoms with van der Waals surface area (Å²) in [6.45, 7) is 8.47. The van der Waals surface area contributed by atoms with Crippen molar-refractivity contribution in [2.24, 2.45) is 11.1 Å². The third kappa shape index (κ3) is 3.28. The number of amides is 1. The minimum absolute atomic E-state index is 0.